The molecule has 1 aliphatic rings. The first-order valence-corrected chi connectivity index (χ1v) is 5.67. The monoisotopic (exact) mass is 236 g/mol. The summed E-state index contributed by atoms with van der Waals surface area (Å²) in [7, 11) is 0. The number of pyridine rings is 1. The van der Waals surface area contributed by atoms with Crippen LogP contribution in [0.25, 0.3) is 0 Å². The number of hydrogen-bond donors (Lipinski definition) is 0. The second-order valence-corrected chi connectivity index (χ2v) is 4.14. The van der Waals surface area contributed by atoms with Crippen molar-refractivity contribution in [1.82, 2.24) is 9.88 Å². The normalized spacial score (nSPS) is 14.4. The van der Waals surface area contributed by atoms with E-state index < -0.39 is 0 Å². The van der Waals surface area contributed by atoms with Crippen LogP contribution in [0.3, 0.4) is 0 Å². The number of aromatic nitrogens is 1. The van der Waals surface area contributed by atoms with E-state index in [0.717, 1.165) is 25.1 Å². The summed E-state index contributed by atoms with van der Waals surface area (Å²) < 4.78 is 0. The highest BCUT2D eigenvalue weighted by molar-refractivity contribution is 6.29. The van der Waals surface area contributed by atoms with Gasteiger partial charge in [0.15, 0.2) is 0 Å². The van der Waals surface area contributed by atoms with E-state index in [1.807, 2.05) is 23.1 Å². The number of carbonyl (C=O) groups is 1. The molecule has 0 fully saturated rings. The van der Waals surface area contributed by atoms with Crippen molar-refractivity contribution in [2.75, 3.05) is 13.1 Å². The minimum absolute atomic E-state index is 0.193. The van der Waals surface area contributed by atoms with E-state index in [1.165, 1.54) is 0 Å². The molecule has 0 aromatic carbocycles. The Labute approximate surface area is 99.7 Å². The highest BCUT2D eigenvalue weighted by Gasteiger charge is 2.13. The summed E-state index contributed by atoms with van der Waals surface area (Å²) in [5.74, 6) is 0.193. The van der Waals surface area contributed by atoms with Crippen LogP contribution < -0.4 is 0 Å². The van der Waals surface area contributed by atoms with Crippen molar-refractivity contribution >= 4 is 17.5 Å². The van der Waals surface area contributed by atoms with Crippen molar-refractivity contribution in [3.63, 3.8) is 0 Å². The summed E-state index contributed by atoms with van der Waals surface area (Å²) in [5.41, 5.74) is 1.06. The lowest BCUT2D eigenvalue weighted by Gasteiger charge is -2.14. The maximum Gasteiger partial charge on any atom is 0.223 e. The van der Waals surface area contributed by atoms with Gasteiger partial charge in [-0.3, -0.25) is 4.79 Å². The first kappa shape index (κ1) is 11.1. The van der Waals surface area contributed by atoms with Crippen molar-refractivity contribution in [1.29, 1.82) is 0 Å². The molecule has 0 radical (unpaired) electrons. The fraction of sp³-hybridized carbons (Fsp3) is 0.333. The predicted molar refractivity (Wildman–Crippen MR) is 63.3 cm³/mol. The van der Waals surface area contributed by atoms with E-state index >= 15 is 0 Å². The van der Waals surface area contributed by atoms with Crippen molar-refractivity contribution < 1.29 is 4.79 Å². The molecule has 16 heavy (non-hydrogen) atoms. The van der Waals surface area contributed by atoms with Gasteiger partial charge in [-0.25, -0.2) is 4.98 Å². The van der Waals surface area contributed by atoms with Crippen molar-refractivity contribution in [3.05, 3.63) is 41.2 Å². The van der Waals surface area contributed by atoms with E-state index in [0.29, 0.717) is 11.6 Å². The smallest absolute Gasteiger partial charge is 0.223 e. The summed E-state index contributed by atoms with van der Waals surface area (Å²) in [6, 6.07) is 3.69. The van der Waals surface area contributed by atoms with Gasteiger partial charge < -0.3 is 4.90 Å². The van der Waals surface area contributed by atoms with Gasteiger partial charge >= 0.3 is 0 Å². The van der Waals surface area contributed by atoms with E-state index in [2.05, 4.69) is 4.98 Å². The molecule has 2 rings (SSSR count). The van der Waals surface area contributed by atoms with E-state index in [1.54, 1.807) is 12.3 Å². The molecule has 0 atom stereocenters. The third-order valence-electron chi connectivity index (χ3n) is 2.59. The lowest BCUT2D eigenvalue weighted by Crippen LogP contribution is -2.28. The third-order valence-corrected chi connectivity index (χ3v) is 2.80. The number of rotatable bonds is 3. The second kappa shape index (κ2) is 5.12. The lowest BCUT2D eigenvalue weighted by atomic mass is 10.1. The van der Waals surface area contributed by atoms with E-state index in [-0.39, 0.29) is 5.91 Å². The molecule has 0 aliphatic carbocycles. The summed E-state index contributed by atoms with van der Waals surface area (Å²) in [6.07, 6.45) is 6.95. The van der Waals surface area contributed by atoms with Crippen LogP contribution in [-0.2, 0) is 11.2 Å². The SMILES string of the molecule is O=C(CCc1ccnc(Cl)c1)N1CC=CC1. The Balaban J connectivity index is 1.85. The molecular weight excluding hydrogens is 224 g/mol. The molecule has 4 heteroatoms. The van der Waals surface area contributed by atoms with Gasteiger partial charge in [0.05, 0.1) is 0 Å². The summed E-state index contributed by atoms with van der Waals surface area (Å²) >= 11 is 5.77. The highest BCUT2D eigenvalue weighted by Crippen LogP contribution is 2.10. The third kappa shape index (κ3) is 2.83. The molecule has 0 saturated heterocycles. The number of aryl methyl sites for hydroxylation is 1. The highest BCUT2D eigenvalue weighted by atomic mass is 35.5. The van der Waals surface area contributed by atoms with Gasteiger partial charge in [-0.05, 0) is 24.1 Å². The van der Waals surface area contributed by atoms with Crippen LogP contribution in [-0.4, -0.2) is 28.9 Å². The van der Waals surface area contributed by atoms with Gasteiger partial charge in [-0.15, -0.1) is 0 Å². The molecule has 0 saturated carbocycles. The van der Waals surface area contributed by atoms with Gasteiger partial charge in [-0.1, -0.05) is 23.8 Å². The number of amides is 1. The first-order valence-electron chi connectivity index (χ1n) is 5.29. The van der Waals surface area contributed by atoms with Crippen LogP contribution in [0.2, 0.25) is 5.15 Å². The molecule has 1 aliphatic heterocycles. The van der Waals surface area contributed by atoms with Crippen LogP contribution in [0.4, 0.5) is 0 Å². The minimum atomic E-state index is 0.193. The fourth-order valence-electron chi connectivity index (χ4n) is 1.69. The van der Waals surface area contributed by atoms with Crippen LogP contribution in [0.15, 0.2) is 30.5 Å². The molecular formula is C12H13ClN2O. The Morgan fingerprint density at radius 3 is 2.88 bits per heavy atom. The maximum atomic E-state index is 11.7. The zero-order valence-electron chi connectivity index (χ0n) is 8.90. The molecule has 1 amide bonds. The van der Waals surface area contributed by atoms with E-state index in [4.69, 9.17) is 11.6 Å². The predicted octanol–water partition coefficient (Wildman–Crippen LogP) is 2.07. The Morgan fingerprint density at radius 2 is 2.19 bits per heavy atom. The van der Waals surface area contributed by atoms with Gasteiger partial charge in [0.25, 0.3) is 0 Å². The number of halogens is 1. The van der Waals surface area contributed by atoms with Gasteiger partial charge in [0, 0.05) is 25.7 Å². The fourth-order valence-corrected chi connectivity index (χ4v) is 1.89. The Hall–Kier alpha value is -1.35. The standard InChI is InChI=1S/C12H13ClN2O/c13-11-9-10(5-6-14-11)3-4-12(16)15-7-1-2-8-15/h1-2,5-6,9H,3-4,7-8H2. The zero-order chi connectivity index (χ0) is 11.4. The number of hydrogen-bond acceptors (Lipinski definition) is 2. The minimum Gasteiger partial charge on any atom is -0.335 e. The maximum absolute atomic E-state index is 11.7. The van der Waals surface area contributed by atoms with Crippen molar-refractivity contribution in [2.45, 2.75) is 12.8 Å². The van der Waals surface area contributed by atoms with Crippen LogP contribution in [0.1, 0.15) is 12.0 Å². The topological polar surface area (TPSA) is 33.2 Å². The summed E-state index contributed by atoms with van der Waals surface area (Å²) in [6.45, 7) is 1.49. The molecule has 3 nitrogen and oxygen atoms in total. The molecule has 1 aromatic heterocycles. The average Bonchev–Trinajstić information content (AvgIpc) is 2.79. The van der Waals surface area contributed by atoms with Crippen molar-refractivity contribution in [3.8, 4) is 0 Å². The quantitative estimate of drug-likeness (QED) is 0.595. The second-order valence-electron chi connectivity index (χ2n) is 3.76. The molecule has 0 spiro atoms. The molecule has 0 N–H and O–H groups in total. The van der Waals surface area contributed by atoms with Gasteiger partial charge in [0.1, 0.15) is 5.15 Å². The molecule has 2 heterocycles. The van der Waals surface area contributed by atoms with Gasteiger partial charge in [-0.2, -0.15) is 0 Å². The van der Waals surface area contributed by atoms with Gasteiger partial charge in [0.2, 0.25) is 5.91 Å². The number of nitrogens with zero attached hydrogens (tertiary/aromatic N) is 2. The Kier molecular flexibility index (Phi) is 3.57. The first-order chi connectivity index (χ1) is 7.75. The summed E-state index contributed by atoms with van der Waals surface area (Å²) in [4.78, 5) is 17.5. The molecule has 0 bridgehead atoms. The molecule has 84 valence electrons. The van der Waals surface area contributed by atoms with Crippen LogP contribution >= 0.6 is 11.6 Å². The average molecular weight is 237 g/mol. The largest absolute Gasteiger partial charge is 0.335 e. The lowest BCUT2D eigenvalue weighted by molar-refractivity contribution is -0.129. The van der Waals surface area contributed by atoms with Crippen molar-refractivity contribution in [2.24, 2.45) is 0 Å². The molecule has 1 aromatic rings. The molecule has 0 unspecified atom stereocenters. The van der Waals surface area contributed by atoms with E-state index in [9.17, 15) is 4.79 Å². The van der Waals surface area contributed by atoms with Crippen LogP contribution in [0, 0.1) is 0 Å². The summed E-state index contributed by atoms with van der Waals surface area (Å²) in [5, 5.41) is 0.479. The van der Waals surface area contributed by atoms with Crippen LogP contribution in [0.5, 0.6) is 0 Å². The zero-order valence-corrected chi connectivity index (χ0v) is 9.65. The Bertz CT molecular complexity index is 409. The number of carbonyl (C=O) groups excluding carboxylic acids is 1. The Morgan fingerprint density at radius 1 is 1.44 bits per heavy atom.